The Kier molecular flexibility index (Phi) is 11.7. The van der Waals surface area contributed by atoms with Crippen molar-refractivity contribution in [3.05, 3.63) is 124 Å². The van der Waals surface area contributed by atoms with Crippen LogP contribution in [-0.4, -0.2) is 71.5 Å². The van der Waals surface area contributed by atoms with E-state index in [0.717, 1.165) is 59.2 Å². The number of rotatable bonds is 12. The SMILES string of the molecule is C[N+]1(C)CCC(OC(=O)Nc2ccc(CCC(=O)Nc3cc(F)c(CNC[C@H](O)c4ccc(O)c5[nH]c(=O)ccc45)cc3F)cc2-c2ccccc2)CC1. The van der Waals surface area contributed by atoms with E-state index < -0.39 is 35.3 Å². The summed E-state index contributed by atoms with van der Waals surface area (Å²) in [6.45, 7) is 1.70. The topological polar surface area (TPSA) is 153 Å². The number of piperidine rings is 1. The molecule has 0 bridgehead atoms. The Morgan fingerprint density at radius 1 is 0.926 bits per heavy atom. The normalized spacial score (nSPS) is 14.8. The molecule has 6 rings (SSSR count). The number of phenolic OH excluding ortho intramolecular Hbond substituents is 1. The summed E-state index contributed by atoms with van der Waals surface area (Å²) in [4.78, 5) is 40.0. The molecule has 5 aromatic rings. The molecule has 0 radical (unpaired) electrons. The van der Waals surface area contributed by atoms with Crippen LogP contribution in [-0.2, 0) is 22.5 Å². The maximum absolute atomic E-state index is 15.1. The number of nitrogens with zero attached hydrogens (tertiary/aromatic N) is 1. The van der Waals surface area contributed by atoms with E-state index in [2.05, 4.69) is 35.0 Å². The molecule has 11 nitrogen and oxygen atoms in total. The van der Waals surface area contributed by atoms with Crippen molar-refractivity contribution in [3.63, 3.8) is 0 Å². The maximum Gasteiger partial charge on any atom is 0.411 e. The van der Waals surface area contributed by atoms with Gasteiger partial charge in [-0.05, 0) is 53.4 Å². The van der Waals surface area contributed by atoms with Gasteiger partial charge in [-0.2, -0.15) is 0 Å². The van der Waals surface area contributed by atoms with Crippen LogP contribution in [0.2, 0.25) is 0 Å². The van der Waals surface area contributed by atoms with Crippen molar-refractivity contribution in [2.75, 3.05) is 44.4 Å². The number of aromatic hydroxyl groups is 1. The maximum atomic E-state index is 15.1. The van der Waals surface area contributed by atoms with Crippen LogP contribution in [0, 0.1) is 11.6 Å². The Balaban J connectivity index is 1.04. The zero-order valence-corrected chi connectivity index (χ0v) is 30.1. The number of aryl methyl sites for hydroxylation is 1. The van der Waals surface area contributed by atoms with Gasteiger partial charge >= 0.3 is 6.09 Å². The summed E-state index contributed by atoms with van der Waals surface area (Å²) in [7, 11) is 4.32. The van der Waals surface area contributed by atoms with Gasteiger partial charge in [0, 0.05) is 61.0 Å². The van der Waals surface area contributed by atoms with Crippen molar-refractivity contribution in [1.29, 1.82) is 0 Å². The molecular weight excluding hydrogens is 696 g/mol. The number of aliphatic hydroxyl groups is 1. The van der Waals surface area contributed by atoms with Crippen LogP contribution in [0.4, 0.5) is 25.0 Å². The van der Waals surface area contributed by atoms with Gasteiger partial charge in [-0.15, -0.1) is 0 Å². The smallest absolute Gasteiger partial charge is 0.411 e. The number of anilines is 2. The minimum absolute atomic E-state index is 0.00874. The molecule has 0 aliphatic carbocycles. The molecule has 1 aliphatic heterocycles. The lowest BCUT2D eigenvalue weighted by molar-refractivity contribution is -0.896. The largest absolute Gasteiger partial charge is 0.506 e. The van der Waals surface area contributed by atoms with E-state index in [4.69, 9.17) is 4.74 Å². The third-order valence-electron chi connectivity index (χ3n) is 9.76. The predicted molar refractivity (Wildman–Crippen MR) is 203 cm³/mol. The Bertz CT molecular complexity index is 2200. The molecule has 2 heterocycles. The number of carbonyl (C=O) groups is 2. The van der Waals surface area contributed by atoms with Crippen LogP contribution in [0.25, 0.3) is 22.0 Å². The predicted octanol–water partition coefficient (Wildman–Crippen LogP) is 6.36. The second kappa shape index (κ2) is 16.6. The fraction of sp³-hybridized carbons (Fsp3) is 0.293. The molecule has 1 aliphatic rings. The summed E-state index contributed by atoms with van der Waals surface area (Å²) in [5.74, 6) is -2.22. The zero-order chi connectivity index (χ0) is 38.4. The third-order valence-corrected chi connectivity index (χ3v) is 9.76. The Morgan fingerprint density at radius 3 is 2.44 bits per heavy atom. The molecule has 282 valence electrons. The van der Waals surface area contributed by atoms with Crippen LogP contribution >= 0.6 is 0 Å². The number of aromatic amines is 1. The van der Waals surface area contributed by atoms with Crippen LogP contribution in [0.5, 0.6) is 5.75 Å². The van der Waals surface area contributed by atoms with Crippen LogP contribution in [0.3, 0.4) is 0 Å². The second-order valence-corrected chi connectivity index (χ2v) is 14.3. The first-order valence-electron chi connectivity index (χ1n) is 17.8. The van der Waals surface area contributed by atoms with Crippen molar-refractivity contribution >= 4 is 34.3 Å². The number of carbonyl (C=O) groups excluding carboxylic acids is 2. The molecule has 0 spiro atoms. The quantitative estimate of drug-likeness (QED) is 0.0815. The highest BCUT2D eigenvalue weighted by molar-refractivity contribution is 5.93. The fourth-order valence-electron chi connectivity index (χ4n) is 6.66. The number of hydrogen-bond acceptors (Lipinski definition) is 7. The van der Waals surface area contributed by atoms with Gasteiger partial charge in [-0.1, -0.05) is 42.5 Å². The summed E-state index contributed by atoms with van der Waals surface area (Å²) in [5, 5.41) is 29.6. The Morgan fingerprint density at radius 2 is 1.69 bits per heavy atom. The number of hydrogen-bond donors (Lipinski definition) is 6. The van der Waals surface area contributed by atoms with Crippen molar-refractivity contribution in [2.24, 2.45) is 0 Å². The summed E-state index contributed by atoms with van der Waals surface area (Å²) < 4.78 is 36.7. The standard InChI is InChI=1S/C41H43F2N5O6/c1-48(2)18-16-28(17-19-48)54-41(53)46-34-12-8-25(20-31(34)26-6-4-3-5-7-26)9-14-38(51)45-35-22-32(42)27(21-33(35)43)23-44-24-37(50)29-10-13-36(49)40-30(29)11-15-39(52)47-40/h3-8,10-13,15,20-22,28,37,44,50H,9,14,16-19,23-24H2,1-2H3,(H3-,45,46,47,49,51,52,53)/p+1/t37-/m0/s1. The van der Waals surface area contributed by atoms with E-state index in [1.54, 1.807) is 12.1 Å². The Labute approximate surface area is 311 Å². The number of quaternary nitrogens is 1. The van der Waals surface area contributed by atoms with E-state index in [0.29, 0.717) is 23.1 Å². The van der Waals surface area contributed by atoms with E-state index in [1.807, 2.05) is 36.4 Å². The number of aliphatic hydroxyl groups excluding tert-OH is 1. The van der Waals surface area contributed by atoms with Crippen LogP contribution in [0.15, 0.2) is 89.7 Å². The lowest BCUT2D eigenvalue weighted by Gasteiger charge is -2.36. The number of pyridine rings is 1. The molecule has 0 saturated carbocycles. The molecule has 1 fully saturated rings. The highest BCUT2D eigenvalue weighted by Crippen LogP contribution is 2.31. The summed E-state index contributed by atoms with van der Waals surface area (Å²) >= 11 is 0. The van der Waals surface area contributed by atoms with Gasteiger partial charge in [-0.3, -0.25) is 14.9 Å². The number of nitrogens with one attached hydrogen (secondary N) is 4. The number of phenols is 1. The van der Waals surface area contributed by atoms with Gasteiger partial charge in [0.25, 0.3) is 0 Å². The molecule has 13 heteroatoms. The number of ether oxygens (including phenoxy) is 1. The van der Waals surface area contributed by atoms with E-state index in [1.165, 1.54) is 24.3 Å². The van der Waals surface area contributed by atoms with Gasteiger partial charge in [0.15, 0.2) is 0 Å². The van der Waals surface area contributed by atoms with Gasteiger partial charge in [0.05, 0.1) is 50.2 Å². The average Bonchev–Trinajstić information content (AvgIpc) is 3.14. The van der Waals surface area contributed by atoms with Crippen molar-refractivity contribution in [1.82, 2.24) is 10.3 Å². The fourth-order valence-corrected chi connectivity index (χ4v) is 6.66. The van der Waals surface area contributed by atoms with Crippen molar-refractivity contribution < 1.29 is 37.8 Å². The first-order chi connectivity index (χ1) is 25.8. The first kappa shape index (κ1) is 38.1. The minimum Gasteiger partial charge on any atom is -0.506 e. The number of benzene rings is 4. The molecule has 1 saturated heterocycles. The van der Waals surface area contributed by atoms with Crippen LogP contribution < -0.4 is 21.5 Å². The van der Waals surface area contributed by atoms with Crippen LogP contribution in [0.1, 0.15) is 42.1 Å². The van der Waals surface area contributed by atoms with Crippen molar-refractivity contribution in [3.8, 4) is 16.9 Å². The molecule has 1 aromatic heterocycles. The average molecular weight is 741 g/mol. The lowest BCUT2D eigenvalue weighted by Crippen LogP contribution is -2.48. The molecule has 4 aromatic carbocycles. The summed E-state index contributed by atoms with van der Waals surface area (Å²) in [6.07, 6.45) is 0.124. The highest BCUT2D eigenvalue weighted by atomic mass is 19.1. The number of amides is 2. The molecular formula is C41H44F2N5O6+. The molecule has 6 N–H and O–H groups in total. The number of H-pyrrole nitrogens is 1. The Hall–Kier alpha value is -5.63. The van der Waals surface area contributed by atoms with Gasteiger partial charge in [-0.25, -0.2) is 13.6 Å². The van der Waals surface area contributed by atoms with Gasteiger partial charge in [0.1, 0.15) is 23.5 Å². The highest BCUT2D eigenvalue weighted by Gasteiger charge is 2.28. The third kappa shape index (κ3) is 9.47. The first-order valence-corrected chi connectivity index (χ1v) is 17.8. The molecule has 0 unspecified atom stereocenters. The molecule has 54 heavy (non-hydrogen) atoms. The number of likely N-dealkylation sites (tertiary alicyclic amines) is 1. The van der Waals surface area contributed by atoms with Gasteiger partial charge in [0.2, 0.25) is 11.5 Å². The number of fused-ring (bicyclic) bond motifs is 1. The van der Waals surface area contributed by atoms with Crippen molar-refractivity contribution in [2.45, 2.75) is 44.4 Å². The minimum atomic E-state index is -1.09. The van der Waals surface area contributed by atoms with E-state index in [-0.39, 0.29) is 48.1 Å². The van der Waals surface area contributed by atoms with Gasteiger partial charge < -0.3 is 35.1 Å². The lowest BCUT2D eigenvalue weighted by atomic mass is 9.98. The van der Waals surface area contributed by atoms with E-state index >= 15 is 8.78 Å². The number of aromatic nitrogens is 1. The second-order valence-electron chi connectivity index (χ2n) is 14.3. The summed E-state index contributed by atoms with van der Waals surface area (Å²) in [5.41, 5.74) is 2.89. The molecule has 1 atom stereocenters. The zero-order valence-electron chi connectivity index (χ0n) is 30.1. The summed E-state index contributed by atoms with van der Waals surface area (Å²) in [6, 6.07) is 22.5. The van der Waals surface area contributed by atoms with E-state index in [9.17, 15) is 24.6 Å². The monoisotopic (exact) mass is 740 g/mol. The molecule has 2 amide bonds. The number of halogens is 2.